The second kappa shape index (κ2) is 9.77. The molecular weight excluding hydrogens is 468 g/mol. The predicted octanol–water partition coefficient (Wildman–Crippen LogP) is 5.29. The van der Waals surface area contributed by atoms with Gasteiger partial charge in [-0.05, 0) is 61.0 Å². The lowest BCUT2D eigenvalue weighted by Crippen LogP contribution is -2.15. The quantitative estimate of drug-likeness (QED) is 0.450. The molecule has 0 fully saturated rings. The minimum Gasteiger partial charge on any atom is -0.493 e. The van der Waals surface area contributed by atoms with Gasteiger partial charge in [0.15, 0.2) is 0 Å². The number of hydrogen-bond acceptors (Lipinski definition) is 4. The molecule has 2 N–H and O–H groups in total. The molecule has 0 aliphatic carbocycles. The Labute approximate surface area is 184 Å². The van der Waals surface area contributed by atoms with Gasteiger partial charge >= 0.3 is 0 Å². The van der Waals surface area contributed by atoms with E-state index >= 15 is 0 Å². The Morgan fingerprint density at radius 1 is 0.967 bits per heavy atom. The maximum Gasteiger partial charge on any atom is 0.261 e. The summed E-state index contributed by atoms with van der Waals surface area (Å²) in [5.41, 5.74) is 1.34. The Morgan fingerprint density at radius 2 is 1.67 bits per heavy atom. The lowest BCUT2D eigenvalue weighted by atomic mass is 10.2. The molecule has 0 bridgehead atoms. The van der Waals surface area contributed by atoms with Crippen LogP contribution in [0.3, 0.4) is 0 Å². The van der Waals surface area contributed by atoms with Gasteiger partial charge in [-0.2, -0.15) is 0 Å². The van der Waals surface area contributed by atoms with Crippen LogP contribution in [0, 0.1) is 0 Å². The average Bonchev–Trinajstić information content (AvgIpc) is 2.73. The van der Waals surface area contributed by atoms with Crippen molar-refractivity contribution in [3.8, 4) is 5.75 Å². The van der Waals surface area contributed by atoms with E-state index in [1.165, 1.54) is 12.1 Å². The lowest BCUT2D eigenvalue weighted by molar-refractivity contribution is 0.102. The van der Waals surface area contributed by atoms with E-state index in [1.807, 2.05) is 6.92 Å². The van der Waals surface area contributed by atoms with Crippen molar-refractivity contribution in [3.63, 3.8) is 0 Å². The molecule has 1 amide bonds. The summed E-state index contributed by atoms with van der Waals surface area (Å²) in [5, 5.41) is 2.78. The number of carbonyl (C=O) groups excluding carboxylic acids is 1. The molecule has 0 spiro atoms. The largest absolute Gasteiger partial charge is 0.493 e. The van der Waals surface area contributed by atoms with Crippen LogP contribution in [0.4, 0.5) is 11.4 Å². The number of anilines is 2. The number of amides is 1. The molecule has 0 atom stereocenters. The highest BCUT2D eigenvalue weighted by Crippen LogP contribution is 2.25. The molecule has 0 aliphatic heterocycles. The molecule has 0 saturated heterocycles. The van der Waals surface area contributed by atoms with Crippen molar-refractivity contribution in [2.45, 2.75) is 18.2 Å². The van der Waals surface area contributed by atoms with Crippen molar-refractivity contribution < 1.29 is 17.9 Å². The van der Waals surface area contributed by atoms with Crippen LogP contribution < -0.4 is 14.8 Å². The third-order valence-corrected chi connectivity index (χ3v) is 5.99. The zero-order valence-electron chi connectivity index (χ0n) is 16.3. The number of sulfonamides is 1. The number of rotatable bonds is 8. The Balaban J connectivity index is 1.74. The highest BCUT2D eigenvalue weighted by molar-refractivity contribution is 9.10. The molecule has 0 aliphatic rings. The van der Waals surface area contributed by atoms with Crippen LogP contribution in [0.25, 0.3) is 0 Å². The summed E-state index contributed by atoms with van der Waals surface area (Å²) in [5.74, 6) is 0.143. The standard InChI is InChI=1S/C22H21BrN2O4S/c1-2-14-29-21-13-8-16(23)15-20(21)22(26)24-17-9-11-19(12-10-17)30(27,28)25-18-6-4-3-5-7-18/h3-13,15,25H,2,14H2,1H3,(H,24,26). The van der Waals surface area contributed by atoms with Crippen molar-refractivity contribution in [1.82, 2.24) is 0 Å². The minimum atomic E-state index is -3.72. The van der Waals surface area contributed by atoms with Crippen LogP contribution in [-0.4, -0.2) is 20.9 Å². The van der Waals surface area contributed by atoms with Gasteiger partial charge in [0.05, 0.1) is 17.1 Å². The maximum absolute atomic E-state index is 12.7. The number of benzene rings is 3. The van der Waals surface area contributed by atoms with Gasteiger partial charge in [-0.15, -0.1) is 0 Å². The molecule has 0 saturated carbocycles. The molecule has 3 rings (SSSR count). The van der Waals surface area contributed by atoms with Crippen LogP contribution in [0.2, 0.25) is 0 Å². The molecule has 30 heavy (non-hydrogen) atoms. The number of hydrogen-bond donors (Lipinski definition) is 2. The van der Waals surface area contributed by atoms with Crippen LogP contribution in [0.5, 0.6) is 5.75 Å². The maximum atomic E-state index is 12.7. The second-order valence-electron chi connectivity index (χ2n) is 6.44. The molecule has 0 unspecified atom stereocenters. The molecule has 3 aromatic carbocycles. The first-order valence-electron chi connectivity index (χ1n) is 9.30. The van der Waals surface area contributed by atoms with E-state index in [4.69, 9.17) is 4.74 Å². The zero-order chi connectivity index (χ0) is 21.6. The van der Waals surface area contributed by atoms with Crippen LogP contribution in [-0.2, 0) is 10.0 Å². The highest BCUT2D eigenvalue weighted by atomic mass is 79.9. The molecule has 6 nitrogen and oxygen atoms in total. The van der Waals surface area contributed by atoms with Crippen molar-refractivity contribution in [2.75, 3.05) is 16.6 Å². The number of nitrogens with one attached hydrogen (secondary N) is 2. The number of para-hydroxylation sites is 1. The third-order valence-electron chi connectivity index (χ3n) is 4.10. The number of carbonyl (C=O) groups is 1. The first-order valence-corrected chi connectivity index (χ1v) is 11.6. The van der Waals surface area contributed by atoms with E-state index in [-0.39, 0.29) is 10.8 Å². The normalized spacial score (nSPS) is 11.0. The summed E-state index contributed by atoms with van der Waals surface area (Å²) in [6, 6.07) is 19.8. The smallest absolute Gasteiger partial charge is 0.261 e. The Kier molecular flexibility index (Phi) is 7.12. The van der Waals surface area contributed by atoms with Crippen molar-refractivity contribution in [2.24, 2.45) is 0 Å². The number of ether oxygens (including phenoxy) is 1. The first-order chi connectivity index (χ1) is 14.4. The molecule has 0 aromatic heterocycles. The van der Waals surface area contributed by atoms with Crippen LogP contribution in [0.15, 0.2) is 82.2 Å². The second-order valence-corrected chi connectivity index (χ2v) is 9.04. The average molecular weight is 489 g/mol. The summed E-state index contributed by atoms with van der Waals surface area (Å²) in [7, 11) is -3.72. The fraction of sp³-hybridized carbons (Fsp3) is 0.136. The molecule has 0 heterocycles. The van der Waals surface area contributed by atoms with Gasteiger partial charge in [-0.3, -0.25) is 9.52 Å². The summed E-state index contributed by atoms with van der Waals surface area (Å²) in [4.78, 5) is 12.8. The first kappa shape index (κ1) is 21.9. The molecular formula is C22H21BrN2O4S. The molecule has 0 radical (unpaired) electrons. The Bertz CT molecular complexity index is 1120. The molecule has 3 aromatic rings. The monoisotopic (exact) mass is 488 g/mol. The SMILES string of the molecule is CCCOc1ccc(Br)cc1C(=O)Nc1ccc(S(=O)(=O)Nc2ccccc2)cc1. The zero-order valence-corrected chi connectivity index (χ0v) is 18.7. The van der Waals surface area contributed by atoms with Gasteiger partial charge in [-0.1, -0.05) is 41.1 Å². The fourth-order valence-corrected chi connectivity index (χ4v) is 4.07. The Hall–Kier alpha value is -2.84. The Morgan fingerprint density at radius 3 is 2.33 bits per heavy atom. The van der Waals surface area contributed by atoms with Gasteiger partial charge in [-0.25, -0.2) is 8.42 Å². The molecule has 156 valence electrons. The van der Waals surface area contributed by atoms with E-state index in [2.05, 4.69) is 26.0 Å². The van der Waals surface area contributed by atoms with Gasteiger partial charge in [0.1, 0.15) is 5.75 Å². The van der Waals surface area contributed by atoms with E-state index < -0.39 is 10.0 Å². The van der Waals surface area contributed by atoms with Gasteiger partial charge in [0.2, 0.25) is 0 Å². The summed E-state index contributed by atoms with van der Waals surface area (Å²) in [6.07, 6.45) is 0.823. The van der Waals surface area contributed by atoms with Gasteiger partial charge in [0.25, 0.3) is 15.9 Å². The fourth-order valence-electron chi connectivity index (χ4n) is 2.65. The summed E-state index contributed by atoms with van der Waals surface area (Å²) < 4.78 is 34.0. The van der Waals surface area contributed by atoms with Gasteiger partial charge < -0.3 is 10.1 Å². The van der Waals surface area contributed by atoms with E-state index in [1.54, 1.807) is 60.7 Å². The minimum absolute atomic E-state index is 0.0961. The molecule has 8 heteroatoms. The number of halogens is 1. The van der Waals surface area contributed by atoms with Crippen molar-refractivity contribution in [1.29, 1.82) is 0 Å². The third kappa shape index (κ3) is 5.61. The summed E-state index contributed by atoms with van der Waals surface area (Å²) in [6.45, 7) is 2.49. The van der Waals surface area contributed by atoms with Gasteiger partial charge in [0, 0.05) is 15.8 Å². The van der Waals surface area contributed by atoms with Crippen molar-refractivity contribution >= 4 is 43.2 Å². The van der Waals surface area contributed by atoms with E-state index in [9.17, 15) is 13.2 Å². The van der Waals surface area contributed by atoms with Crippen molar-refractivity contribution in [3.05, 3.63) is 82.8 Å². The van der Waals surface area contributed by atoms with E-state index in [0.29, 0.717) is 29.3 Å². The highest BCUT2D eigenvalue weighted by Gasteiger charge is 2.16. The summed E-state index contributed by atoms with van der Waals surface area (Å²) >= 11 is 3.37. The lowest BCUT2D eigenvalue weighted by Gasteiger charge is -2.12. The van der Waals surface area contributed by atoms with Crippen LogP contribution >= 0.6 is 15.9 Å². The van der Waals surface area contributed by atoms with Crippen LogP contribution in [0.1, 0.15) is 23.7 Å². The van der Waals surface area contributed by atoms with E-state index in [0.717, 1.165) is 10.9 Å². The predicted molar refractivity (Wildman–Crippen MR) is 122 cm³/mol. The topological polar surface area (TPSA) is 84.5 Å².